The molecule has 0 aliphatic rings. The van der Waals surface area contributed by atoms with Gasteiger partial charge in [-0.05, 0) is 60.1 Å². The molecule has 0 saturated carbocycles. The van der Waals surface area contributed by atoms with Crippen LogP contribution in [-0.2, 0) is 20.4 Å². The number of hydrogen-bond donors (Lipinski definition) is 2. The van der Waals surface area contributed by atoms with E-state index in [1.165, 1.54) is 0 Å². The Balaban J connectivity index is 3.76. The van der Waals surface area contributed by atoms with Gasteiger partial charge in [-0.15, -0.1) is 0 Å². The summed E-state index contributed by atoms with van der Waals surface area (Å²) in [6.07, 6.45) is 0. The average molecular weight is 322 g/mol. The predicted molar refractivity (Wildman–Crippen MR) is 88.1 cm³/mol. The molecule has 23 heavy (non-hydrogen) atoms. The van der Waals surface area contributed by atoms with Gasteiger partial charge in [0, 0.05) is 5.56 Å². The van der Waals surface area contributed by atoms with Gasteiger partial charge in [-0.1, -0.05) is 12.1 Å². The van der Waals surface area contributed by atoms with Gasteiger partial charge in [-0.25, -0.2) is 0 Å². The van der Waals surface area contributed by atoms with Gasteiger partial charge in [0.05, 0.1) is 10.8 Å². The summed E-state index contributed by atoms with van der Waals surface area (Å²) in [7, 11) is 0. The summed E-state index contributed by atoms with van der Waals surface area (Å²) in [5, 5.41) is 19.2. The molecular formula is C18H26O5. The third-order valence-electron chi connectivity index (χ3n) is 3.81. The second kappa shape index (κ2) is 5.87. The zero-order chi connectivity index (χ0) is 18.2. The molecule has 1 aromatic rings. The quantitative estimate of drug-likeness (QED) is 0.865. The number of carboxylic acids is 2. The number of aliphatic carboxylic acids is 2. The molecule has 0 fully saturated rings. The van der Waals surface area contributed by atoms with E-state index in [9.17, 15) is 19.8 Å². The SMILES string of the molecule is CC(C)(C)Oc1cccc(C(C)(C)C(=O)O)c1C(C)(C)C(=O)O. The molecule has 5 heteroatoms. The van der Waals surface area contributed by atoms with Crippen LogP contribution in [0, 0.1) is 0 Å². The van der Waals surface area contributed by atoms with Crippen molar-refractivity contribution in [2.75, 3.05) is 0 Å². The molecule has 0 bridgehead atoms. The normalized spacial score (nSPS) is 12.8. The molecular weight excluding hydrogens is 296 g/mol. The molecule has 0 saturated heterocycles. The summed E-state index contributed by atoms with van der Waals surface area (Å²) in [5.74, 6) is -1.66. The lowest BCUT2D eigenvalue weighted by Gasteiger charge is -2.33. The Morgan fingerprint density at radius 1 is 0.870 bits per heavy atom. The predicted octanol–water partition coefficient (Wildman–Crippen LogP) is 3.59. The minimum Gasteiger partial charge on any atom is -0.488 e. The van der Waals surface area contributed by atoms with Crippen molar-refractivity contribution in [2.45, 2.75) is 64.9 Å². The topological polar surface area (TPSA) is 83.8 Å². The van der Waals surface area contributed by atoms with Crippen LogP contribution >= 0.6 is 0 Å². The van der Waals surface area contributed by atoms with Crippen LogP contribution < -0.4 is 4.74 Å². The van der Waals surface area contributed by atoms with Crippen LogP contribution in [0.25, 0.3) is 0 Å². The largest absolute Gasteiger partial charge is 0.488 e. The van der Waals surface area contributed by atoms with E-state index in [4.69, 9.17) is 4.74 Å². The molecule has 0 amide bonds. The number of hydrogen-bond acceptors (Lipinski definition) is 3. The monoisotopic (exact) mass is 322 g/mol. The number of carboxylic acid groups (broad SMARTS) is 2. The van der Waals surface area contributed by atoms with Crippen LogP contribution in [0.1, 0.15) is 59.6 Å². The van der Waals surface area contributed by atoms with E-state index in [0.29, 0.717) is 16.9 Å². The Hall–Kier alpha value is -2.04. The van der Waals surface area contributed by atoms with Crippen molar-refractivity contribution in [3.63, 3.8) is 0 Å². The number of ether oxygens (including phenoxy) is 1. The Morgan fingerprint density at radius 2 is 1.35 bits per heavy atom. The van der Waals surface area contributed by atoms with Crippen LogP contribution in [0.15, 0.2) is 18.2 Å². The van der Waals surface area contributed by atoms with Crippen LogP contribution in [0.5, 0.6) is 5.75 Å². The minimum absolute atomic E-state index is 0.398. The second-order valence-electron chi connectivity index (χ2n) is 7.75. The molecule has 5 nitrogen and oxygen atoms in total. The first-order chi connectivity index (χ1) is 10.2. The maximum Gasteiger partial charge on any atom is 0.313 e. The van der Waals surface area contributed by atoms with Crippen LogP contribution in [-0.4, -0.2) is 27.8 Å². The average Bonchev–Trinajstić information content (AvgIpc) is 2.35. The lowest BCUT2D eigenvalue weighted by Crippen LogP contribution is -2.37. The van der Waals surface area contributed by atoms with Gasteiger partial charge >= 0.3 is 11.9 Å². The van der Waals surface area contributed by atoms with Gasteiger partial charge in [0.2, 0.25) is 0 Å². The molecule has 0 radical (unpaired) electrons. The molecule has 0 aliphatic heterocycles. The van der Waals surface area contributed by atoms with E-state index < -0.39 is 28.4 Å². The van der Waals surface area contributed by atoms with E-state index in [2.05, 4.69) is 0 Å². The molecule has 0 spiro atoms. The van der Waals surface area contributed by atoms with Crippen molar-refractivity contribution in [1.29, 1.82) is 0 Å². The summed E-state index contributed by atoms with van der Waals surface area (Å²) < 4.78 is 5.93. The smallest absolute Gasteiger partial charge is 0.313 e. The van der Waals surface area contributed by atoms with E-state index in [1.54, 1.807) is 45.9 Å². The molecule has 0 aromatic heterocycles. The highest BCUT2D eigenvalue weighted by atomic mass is 16.5. The highest BCUT2D eigenvalue weighted by Gasteiger charge is 2.41. The highest BCUT2D eigenvalue weighted by Crippen LogP contribution is 2.41. The highest BCUT2D eigenvalue weighted by molar-refractivity contribution is 5.86. The third-order valence-corrected chi connectivity index (χ3v) is 3.81. The lowest BCUT2D eigenvalue weighted by molar-refractivity contribution is -0.144. The van der Waals surface area contributed by atoms with E-state index in [1.807, 2.05) is 20.8 Å². The fraction of sp³-hybridized carbons (Fsp3) is 0.556. The third kappa shape index (κ3) is 3.84. The molecule has 0 aliphatic carbocycles. The van der Waals surface area contributed by atoms with Crippen molar-refractivity contribution in [2.24, 2.45) is 0 Å². The maximum absolute atomic E-state index is 11.8. The van der Waals surface area contributed by atoms with E-state index in [-0.39, 0.29) is 0 Å². The van der Waals surface area contributed by atoms with Gasteiger partial charge in [0.1, 0.15) is 11.4 Å². The van der Waals surface area contributed by atoms with Crippen molar-refractivity contribution >= 4 is 11.9 Å². The zero-order valence-corrected chi connectivity index (χ0v) is 14.9. The van der Waals surface area contributed by atoms with Gasteiger partial charge in [0.25, 0.3) is 0 Å². The van der Waals surface area contributed by atoms with Crippen molar-refractivity contribution in [1.82, 2.24) is 0 Å². The van der Waals surface area contributed by atoms with Crippen molar-refractivity contribution in [3.8, 4) is 5.75 Å². The fourth-order valence-corrected chi connectivity index (χ4v) is 2.33. The van der Waals surface area contributed by atoms with Crippen molar-refractivity contribution < 1.29 is 24.5 Å². The fourth-order valence-electron chi connectivity index (χ4n) is 2.33. The Labute approximate surface area is 137 Å². The van der Waals surface area contributed by atoms with Crippen LogP contribution in [0.2, 0.25) is 0 Å². The minimum atomic E-state index is -1.29. The molecule has 0 atom stereocenters. The molecule has 2 N–H and O–H groups in total. The Bertz CT molecular complexity index is 621. The van der Waals surface area contributed by atoms with Crippen molar-refractivity contribution in [3.05, 3.63) is 29.3 Å². The number of benzene rings is 1. The van der Waals surface area contributed by atoms with Crippen LogP contribution in [0.3, 0.4) is 0 Å². The molecule has 0 unspecified atom stereocenters. The summed E-state index contributed by atoms with van der Waals surface area (Å²) in [5.41, 5.74) is -2.22. The lowest BCUT2D eigenvalue weighted by atomic mass is 9.73. The summed E-state index contributed by atoms with van der Waals surface area (Å²) in [6, 6.07) is 5.04. The van der Waals surface area contributed by atoms with E-state index in [0.717, 1.165) is 0 Å². The Kier molecular flexibility index (Phi) is 4.85. The number of carbonyl (C=O) groups is 2. The first-order valence-electron chi connectivity index (χ1n) is 7.51. The van der Waals surface area contributed by atoms with E-state index >= 15 is 0 Å². The second-order valence-corrected chi connectivity index (χ2v) is 7.75. The van der Waals surface area contributed by atoms with Gasteiger partial charge in [-0.3, -0.25) is 9.59 Å². The molecule has 0 heterocycles. The number of rotatable bonds is 5. The van der Waals surface area contributed by atoms with Gasteiger partial charge in [-0.2, -0.15) is 0 Å². The van der Waals surface area contributed by atoms with Gasteiger partial charge < -0.3 is 14.9 Å². The maximum atomic E-state index is 11.8. The molecule has 128 valence electrons. The molecule has 1 rings (SSSR count). The summed E-state index contributed by atoms with van der Waals surface area (Å²) >= 11 is 0. The molecule has 1 aromatic carbocycles. The Morgan fingerprint density at radius 3 is 1.74 bits per heavy atom. The summed E-state index contributed by atoms with van der Waals surface area (Å²) in [6.45, 7) is 11.8. The summed E-state index contributed by atoms with van der Waals surface area (Å²) in [4.78, 5) is 23.5. The first-order valence-corrected chi connectivity index (χ1v) is 7.51. The first kappa shape index (κ1) is 19.0. The standard InChI is InChI=1S/C18H26O5/c1-16(2,3)23-12-10-8-9-11(17(4,5)14(19)20)13(12)18(6,7)15(21)22/h8-10H,1-7H3,(H,19,20)(H,21,22). The zero-order valence-electron chi connectivity index (χ0n) is 14.9. The van der Waals surface area contributed by atoms with Gasteiger partial charge in [0.15, 0.2) is 0 Å². The van der Waals surface area contributed by atoms with Crippen LogP contribution in [0.4, 0.5) is 0 Å².